The number of carbonyl (C=O) groups is 2. The molecule has 2 aliphatic heterocycles. The van der Waals surface area contributed by atoms with Crippen LogP contribution in [0.3, 0.4) is 0 Å². The van der Waals surface area contributed by atoms with Gasteiger partial charge in [-0.05, 0) is 55.4 Å². The van der Waals surface area contributed by atoms with E-state index in [1.165, 1.54) is 18.1 Å². The molecule has 2 heterocycles. The van der Waals surface area contributed by atoms with Crippen LogP contribution < -0.4 is 4.74 Å². The van der Waals surface area contributed by atoms with Gasteiger partial charge in [-0.1, -0.05) is 56.2 Å². The lowest BCUT2D eigenvalue weighted by atomic mass is 9.48. The number of rotatable bonds is 6. The van der Waals surface area contributed by atoms with Crippen LogP contribution in [-0.2, 0) is 26.2 Å². The highest BCUT2D eigenvalue weighted by atomic mass is 16.6. The van der Waals surface area contributed by atoms with Gasteiger partial charge in [-0.15, -0.1) is 6.58 Å². The molecule has 2 bridgehead atoms. The Balaban J connectivity index is 1.47. The van der Waals surface area contributed by atoms with Crippen molar-refractivity contribution >= 4 is 11.9 Å². The Hall–Kier alpha value is -3.56. The van der Waals surface area contributed by atoms with Gasteiger partial charge in [0.1, 0.15) is 17.5 Å². The molecule has 2 aliphatic carbocycles. The monoisotopic (exact) mass is 538 g/mol. The van der Waals surface area contributed by atoms with Crippen LogP contribution in [0.15, 0.2) is 61.2 Å². The van der Waals surface area contributed by atoms with Crippen molar-refractivity contribution in [3.8, 4) is 17.6 Å². The second-order valence-corrected chi connectivity index (χ2v) is 12.1. The lowest BCUT2D eigenvalue weighted by Gasteiger charge is -2.65. The average molecular weight is 539 g/mol. The standard InChI is InChI=1S/C34H38N2O4/c1-5-19-35-20-18-33-31-26-12-9-13-28(31)39-32(33)27(16-17-34(33,29(35)21-26)40-24(4)37)36(22-23(2)3)30(38)15-14-25-10-7-6-8-11-25/h5-13,23,27,29,32H,1,16-22H2,2-4H3/t27-,29+,32-,33-,34+/m0/s1. The number of esters is 1. The predicted molar refractivity (Wildman–Crippen MR) is 154 cm³/mol. The minimum atomic E-state index is -0.733. The maximum atomic E-state index is 13.8. The van der Waals surface area contributed by atoms with Gasteiger partial charge in [0, 0.05) is 43.6 Å². The van der Waals surface area contributed by atoms with E-state index in [2.05, 4.69) is 49.3 Å². The molecule has 5 atom stereocenters. The number of hydrogen-bond acceptors (Lipinski definition) is 5. The second kappa shape index (κ2) is 10.1. The number of piperidine rings is 1. The summed E-state index contributed by atoms with van der Waals surface area (Å²) in [6, 6.07) is 15.7. The van der Waals surface area contributed by atoms with Crippen LogP contribution in [0.2, 0.25) is 0 Å². The number of benzene rings is 2. The second-order valence-electron chi connectivity index (χ2n) is 12.1. The van der Waals surface area contributed by atoms with E-state index >= 15 is 0 Å². The van der Waals surface area contributed by atoms with Crippen LogP contribution in [0.4, 0.5) is 0 Å². The molecule has 2 aromatic carbocycles. The van der Waals surface area contributed by atoms with Gasteiger partial charge in [0.15, 0.2) is 0 Å². The lowest BCUT2D eigenvalue weighted by Crippen LogP contribution is -2.79. The van der Waals surface area contributed by atoms with Gasteiger partial charge in [0.2, 0.25) is 0 Å². The molecule has 6 nitrogen and oxygen atoms in total. The first-order valence-corrected chi connectivity index (χ1v) is 14.5. The van der Waals surface area contributed by atoms with E-state index in [1.54, 1.807) is 0 Å². The van der Waals surface area contributed by atoms with Crippen molar-refractivity contribution in [1.82, 2.24) is 9.80 Å². The number of carbonyl (C=O) groups excluding carboxylic acids is 2. The van der Waals surface area contributed by atoms with Gasteiger partial charge in [0.25, 0.3) is 5.91 Å². The number of hydrogen-bond donors (Lipinski definition) is 0. The molecule has 2 aromatic rings. The van der Waals surface area contributed by atoms with Gasteiger partial charge in [-0.25, -0.2) is 0 Å². The van der Waals surface area contributed by atoms with Gasteiger partial charge in [-0.3, -0.25) is 14.5 Å². The minimum Gasteiger partial charge on any atom is -0.487 e. The molecule has 6 heteroatoms. The Morgan fingerprint density at radius 1 is 1.20 bits per heavy atom. The van der Waals surface area contributed by atoms with E-state index in [0.717, 1.165) is 37.2 Å². The van der Waals surface area contributed by atoms with Crippen LogP contribution in [0, 0.1) is 17.8 Å². The van der Waals surface area contributed by atoms with E-state index in [1.807, 2.05) is 47.4 Å². The maximum absolute atomic E-state index is 13.8. The summed E-state index contributed by atoms with van der Waals surface area (Å²) in [4.78, 5) is 31.0. The maximum Gasteiger partial charge on any atom is 0.303 e. The summed E-state index contributed by atoms with van der Waals surface area (Å²) in [6.07, 6.45) is 4.53. The molecule has 0 N–H and O–H groups in total. The highest BCUT2D eigenvalue weighted by Crippen LogP contribution is 2.65. The Morgan fingerprint density at radius 2 is 2.00 bits per heavy atom. The Labute approximate surface area is 237 Å². The molecule has 4 aliphatic rings. The molecule has 0 unspecified atom stereocenters. The van der Waals surface area contributed by atoms with Crippen molar-refractivity contribution in [3.63, 3.8) is 0 Å². The van der Waals surface area contributed by atoms with Gasteiger partial charge in [0.05, 0.1) is 17.5 Å². The zero-order chi connectivity index (χ0) is 28.1. The summed E-state index contributed by atoms with van der Waals surface area (Å²) in [5.74, 6) is 6.68. The first-order chi connectivity index (χ1) is 19.3. The third-order valence-corrected chi connectivity index (χ3v) is 9.40. The molecule has 1 spiro atoms. The highest BCUT2D eigenvalue weighted by Gasteiger charge is 2.75. The molecular weight excluding hydrogens is 500 g/mol. The van der Waals surface area contributed by atoms with Gasteiger partial charge >= 0.3 is 5.97 Å². The van der Waals surface area contributed by atoms with Crippen molar-refractivity contribution < 1.29 is 19.1 Å². The fourth-order valence-electron chi connectivity index (χ4n) is 8.19. The Kier molecular flexibility index (Phi) is 6.74. The van der Waals surface area contributed by atoms with Crippen molar-refractivity contribution in [2.75, 3.05) is 19.6 Å². The topological polar surface area (TPSA) is 59.1 Å². The molecule has 1 amide bonds. The first kappa shape index (κ1) is 26.7. The molecule has 40 heavy (non-hydrogen) atoms. The zero-order valence-corrected chi connectivity index (χ0v) is 23.7. The Morgan fingerprint density at radius 3 is 2.73 bits per heavy atom. The van der Waals surface area contributed by atoms with Crippen molar-refractivity contribution in [3.05, 3.63) is 77.9 Å². The lowest BCUT2D eigenvalue weighted by molar-refractivity contribution is -0.223. The van der Waals surface area contributed by atoms with Crippen LogP contribution in [-0.4, -0.2) is 65.1 Å². The zero-order valence-electron chi connectivity index (χ0n) is 23.7. The molecule has 0 aromatic heterocycles. The highest BCUT2D eigenvalue weighted by molar-refractivity contribution is 5.94. The number of amides is 1. The van der Waals surface area contributed by atoms with Gasteiger partial charge < -0.3 is 14.4 Å². The molecule has 208 valence electrons. The summed E-state index contributed by atoms with van der Waals surface area (Å²) < 4.78 is 13.4. The fraction of sp³-hybridized carbons (Fsp3) is 0.471. The average Bonchev–Trinajstić information content (AvgIpc) is 3.27. The summed E-state index contributed by atoms with van der Waals surface area (Å²) in [5.41, 5.74) is 2.00. The van der Waals surface area contributed by atoms with E-state index in [0.29, 0.717) is 19.4 Å². The predicted octanol–water partition coefficient (Wildman–Crippen LogP) is 4.50. The quantitative estimate of drug-likeness (QED) is 0.308. The van der Waals surface area contributed by atoms with Crippen LogP contribution >= 0.6 is 0 Å². The largest absolute Gasteiger partial charge is 0.487 e. The van der Waals surface area contributed by atoms with E-state index in [9.17, 15) is 9.59 Å². The molecule has 6 rings (SSSR count). The van der Waals surface area contributed by atoms with Crippen molar-refractivity contribution in [2.45, 2.75) is 75.7 Å². The molecule has 0 radical (unpaired) electrons. The van der Waals surface area contributed by atoms with Crippen LogP contribution in [0.25, 0.3) is 0 Å². The number of nitrogens with zero attached hydrogens (tertiary/aromatic N) is 2. The molecule has 1 saturated carbocycles. The van der Waals surface area contributed by atoms with Crippen LogP contribution in [0.5, 0.6) is 5.75 Å². The van der Waals surface area contributed by atoms with Crippen molar-refractivity contribution in [2.24, 2.45) is 5.92 Å². The Bertz CT molecular complexity index is 1390. The van der Waals surface area contributed by atoms with Gasteiger partial charge in [-0.2, -0.15) is 0 Å². The normalized spacial score (nSPS) is 29.4. The summed E-state index contributed by atoms with van der Waals surface area (Å²) in [6.45, 7) is 12.0. The third-order valence-electron chi connectivity index (χ3n) is 9.40. The van der Waals surface area contributed by atoms with E-state index < -0.39 is 11.0 Å². The van der Waals surface area contributed by atoms with E-state index in [4.69, 9.17) is 9.47 Å². The van der Waals surface area contributed by atoms with Crippen LogP contribution in [0.1, 0.15) is 56.7 Å². The van der Waals surface area contributed by atoms with E-state index in [-0.39, 0.29) is 36.0 Å². The number of ether oxygens (including phenoxy) is 2. The smallest absolute Gasteiger partial charge is 0.303 e. The third kappa shape index (κ3) is 3.97. The van der Waals surface area contributed by atoms with Crippen molar-refractivity contribution in [1.29, 1.82) is 0 Å². The molecule has 1 saturated heterocycles. The summed E-state index contributed by atoms with van der Waals surface area (Å²) in [7, 11) is 0. The molecular formula is C34H38N2O4. The first-order valence-electron chi connectivity index (χ1n) is 14.5. The summed E-state index contributed by atoms with van der Waals surface area (Å²) >= 11 is 0. The molecule has 2 fully saturated rings. The number of likely N-dealkylation sites (tertiary alicyclic amines) is 1. The minimum absolute atomic E-state index is 0.0168. The SMILES string of the molecule is C=CCN1CC[C@]23c4c5cccc4O[C@H]2[C@@H](N(CC(C)C)C(=O)C#Cc2ccccc2)CC[C@@]3(OC(C)=O)[C@H]1C5. The summed E-state index contributed by atoms with van der Waals surface area (Å²) in [5, 5.41) is 0. The fourth-order valence-corrected chi connectivity index (χ4v) is 8.19.